The zero-order valence-corrected chi connectivity index (χ0v) is 14.0. The van der Waals surface area contributed by atoms with Crippen LogP contribution in [-0.2, 0) is 4.74 Å². The lowest BCUT2D eigenvalue weighted by atomic mass is 10.1. The molecular formula is C16H23ClN2O3. The Kier molecular flexibility index (Phi) is 5.06. The van der Waals surface area contributed by atoms with Crippen molar-refractivity contribution in [3.8, 4) is 5.75 Å². The Morgan fingerprint density at radius 1 is 1.32 bits per heavy atom. The maximum atomic E-state index is 12.0. The van der Waals surface area contributed by atoms with E-state index in [9.17, 15) is 4.79 Å². The number of carbonyl (C=O) groups excluding carboxylic acids is 1. The summed E-state index contributed by atoms with van der Waals surface area (Å²) >= 11 is 5.98. The quantitative estimate of drug-likeness (QED) is 0.842. The van der Waals surface area contributed by atoms with Crippen LogP contribution in [0.3, 0.4) is 0 Å². The van der Waals surface area contributed by atoms with Crippen LogP contribution in [0, 0.1) is 0 Å². The van der Waals surface area contributed by atoms with Crippen LogP contribution in [0.25, 0.3) is 0 Å². The van der Waals surface area contributed by atoms with Crippen LogP contribution in [0.4, 0.5) is 10.5 Å². The van der Waals surface area contributed by atoms with Crippen molar-refractivity contribution in [1.29, 1.82) is 0 Å². The molecule has 0 radical (unpaired) electrons. The Hall–Kier alpha value is -1.62. The number of carbonyl (C=O) groups is 1. The predicted molar refractivity (Wildman–Crippen MR) is 87.3 cm³/mol. The molecule has 1 amide bonds. The maximum Gasteiger partial charge on any atom is 0.410 e. The van der Waals surface area contributed by atoms with Gasteiger partial charge < -0.3 is 20.1 Å². The molecule has 5 nitrogen and oxygen atoms in total. The smallest absolute Gasteiger partial charge is 0.410 e. The SMILES string of the molecule is CC(C)(C)OC(=O)N1CCC(Oc2ccc(N)c(Cl)c2)CC1. The van der Waals surface area contributed by atoms with Crippen molar-refractivity contribution in [2.24, 2.45) is 0 Å². The van der Waals surface area contributed by atoms with Crippen LogP contribution in [0.1, 0.15) is 33.6 Å². The van der Waals surface area contributed by atoms with Gasteiger partial charge in [0.25, 0.3) is 0 Å². The van der Waals surface area contributed by atoms with Crippen LogP contribution in [0.2, 0.25) is 5.02 Å². The van der Waals surface area contributed by atoms with Crippen molar-refractivity contribution in [3.63, 3.8) is 0 Å². The Morgan fingerprint density at radius 2 is 1.95 bits per heavy atom. The standard InChI is InChI=1S/C16H23ClN2O3/c1-16(2,3)22-15(20)19-8-6-11(7-9-19)21-12-4-5-14(18)13(17)10-12/h4-5,10-11H,6-9,18H2,1-3H3. The van der Waals surface area contributed by atoms with E-state index < -0.39 is 5.60 Å². The Bertz CT molecular complexity index is 535. The van der Waals surface area contributed by atoms with Crippen molar-refractivity contribution in [2.75, 3.05) is 18.8 Å². The zero-order valence-electron chi connectivity index (χ0n) is 13.3. The first-order valence-corrected chi connectivity index (χ1v) is 7.82. The molecule has 2 N–H and O–H groups in total. The number of nitrogens with zero attached hydrogens (tertiary/aromatic N) is 1. The fourth-order valence-electron chi connectivity index (χ4n) is 2.26. The normalized spacial score (nSPS) is 16.5. The summed E-state index contributed by atoms with van der Waals surface area (Å²) in [4.78, 5) is 13.7. The van der Waals surface area contributed by atoms with Gasteiger partial charge in [0, 0.05) is 32.0 Å². The summed E-state index contributed by atoms with van der Waals surface area (Å²) in [5, 5.41) is 0.490. The first kappa shape index (κ1) is 16.7. The number of hydrogen-bond acceptors (Lipinski definition) is 4. The van der Waals surface area contributed by atoms with E-state index in [0.29, 0.717) is 29.5 Å². The lowest BCUT2D eigenvalue weighted by Gasteiger charge is -2.33. The van der Waals surface area contributed by atoms with Crippen LogP contribution in [0.15, 0.2) is 18.2 Å². The van der Waals surface area contributed by atoms with E-state index in [1.807, 2.05) is 20.8 Å². The highest BCUT2D eigenvalue weighted by Crippen LogP contribution is 2.26. The molecule has 1 aromatic rings. The third-order valence-electron chi connectivity index (χ3n) is 3.37. The van der Waals surface area contributed by atoms with Gasteiger partial charge in [-0.05, 0) is 32.9 Å². The molecular weight excluding hydrogens is 304 g/mol. The molecule has 0 bridgehead atoms. The van der Waals surface area contributed by atoms with Crippen molar-refractivity contribution in [1.82, 2.24) is 4.90 Å². The van der Waals surface area contributed by atoms with Gasteiger partial charge in [0.2, 0.25) is 0 Å². The van der Waals surface area contributed by atoms with Crippen LogP contribution < -0.4 is 10.5 Å². The van der Waals surface area contributed by atoms with Crippen molar-refractivity contribution in [3.05, 3.63) is 23.2 Å². The molecule has 22 heavy (non-hydrogen) atoms. The molecule has 0 aliphatic carbocycles. The van der Waals surface area contributed by atoms with E-state index in [1.54, 1.807) is 23.1 Å². The number of ether oxygens (including phenoxy) is 2. The minimum atomic E-state index is -0.467. The number of amides is 1. The Balaban J connectivity index is 1.84. The van der Waals surface area contributed by atoms with Gasteiger partial charge in [-0.15, -0.1) is 0 Å². The minimum absolute atomic E-state index is 0.0679. The van der Waals surface area contributed by atoms with Gasteiger partial charge in [-0.1, -0.05) is 11.6 Å². The van der Waals surface area contributed by atoms with Crippen LogP contribution in [0.5, 0.6) is 5.75 Å². The summed E-state index contributed by atoms with van der Waals surface area (Å²) in [5.74, 6) is 0.704. The molecule has 0 atom stereocenters. The van der Waals surface area contributed by atoms with E-state index >= 15 is 0 Å². The van der Waals surface area contributed by atoms with E-state index in [1.165, 1.54) is 0 Å². The van der Waals surface area contributed by atoms with Crippen LogP contribution >= 0.6 is 11.6 Å². The first-order chi connectivity index (χ1) is 10.2. The second kappa shape index (κ2) is 6.65. The lowest BCUT2D eigenvalue weighted by molar-refractivity contribution is 0.0126. The molecule has 6 heteroatoms. The summed E-state index contributed by atoms with van der Waals surface area (Å²) in [6.45, 7) is 6.85. The molecule has 0 aromatic heterocycles. The summed E-state index contributed by atoms with van der Waals surface area (Å²) in [6.07, 6.45) is 1.34. The van der Waals surface area contributed by atoms with Gasteiger partial charge in [0.15, 0.2) is 0 Å². The predicted octanol–water partition coefficient (Wildman–Crippen LogP) is 3.70. The number of rotatable bonds is 2. The summed E-state index contributed by atoms with van der Waals surface area (Å²) in [5.41, 5.74) is 5.75. The first-order valence-electron chi connectivity index (χ1n) is 7.44. The Morgan fingerprint density at radius 3 is 2.50 bits per heavy atom. The number of piperidine rings is 1. The van der Waals surface area contributed by atoms with Crippen molar-refractivity contribution in [2.45, 2.75) is 45.3 Å². The highest BCUT2D eigenvalue weighted by molar-refractivity contribution is 6.33. The monoisotopic (exact) mass is 326 g/mol. The molecule has 1 aromatic carbocycles. The second-order valence-electron chi connectivity index (χ2n) is 6.47. The number of hydrogen-bond donors (Lipinski definition) is 1. The minimum Gasteiger partial charge on any atom is -0.490 e. The number of halogens is 1. The summed E-state index contributed by atoms with van der Waals surface area (Å²) in [6, 6.07) is 5.26. The molecule has 1 saturated heterocycles. The van der Waals surface area contributed by atoms with Gasteiger partial charge in [-0.2, -0.15) is 0 Å². The topological polar surface area (TPSA) is 64.8 Å². The van der Waals surface area contributed by atoms with Gasteiger partial charge in [0.1, 0.15) is 17.5 Å². The second-order valence-corrected chi connectivity index (χ2v) is 6.88. The number of anilines is 1. The van der Waals surface area contributed by atoms with E-state index in [0.717, 1.165) is 12.8 Å². The van der Waals surface area contributed by atoms with E-state index in [2.05, 4.69) is 0 Å². The molecule has 0 spiro atoms. The molecule has 122 valence electrons. The van der Waals surface area contributed by atoms with Crippen molar-refractivity contribution >= 4 is 23.4 Å². The molecule has 1 heterocycles. The molecule has 1 aliphatic rings. The third kappa shape index (κ3) is 4.70. The van der Waals surface area contributed by atoms with E-state index in [-0.39, 0.29) is 12.2 Å². The Labute approximate surface area is 136 Å². The summed E-state index contributed by atoms with van der Waals surface area (Å²) < 4.78 is 11.3. The average Bonchev–Trinajstić information content (AvgIpc) is 2.42. The third-order valence-corrected chi connectivity index (χ3v) is 3.70. The van der Waals surface area contributed by atoms with Gasteiger partial charge in [-0.3, -0.25) is 0 Å². The van der Waals surface area contributed by atoms with Gasteiger partial charge in [0.05, 0.1) is 10.7 Å². The maximum absolute atomic E-state index is 12.0. The number of nitrogen functional groups attached to an aromatic ring is 1. The average molecular weight is 327 g/mol. The molecule has 1 aliphatic heterocycles. The molecule has 2 rings (SSSR count). The fraction of sp³-hybridized carbons (Fsp3) is 0.562. The molecule has 0 unspecified atom stereocenters. The van der Waals surface area contributed by atoms with Gasteiger partial charge in [-0.25, -0.2) is 4.79 Å². The summed E-state index contributed by atoms with van der Waals surface area (Å²) in [7, 11) is 0. The highest BCUT2D eigenvalue weighted by atomic mass is 35.5. The van der Waals surface area contributed by atoms with Crippen LogP contribution in [-0.4, -0.2) is 35.8 Å². The highest BCUT2D eigenvalue weighted by Gasteiger charge is 2.27. The fourth-order valence-corrected chi connectivity index (χ4v) is 2.43. The largest absolute Gasteiger partial charge is 0.490 e. The molecule has 0 saturated carbocycles. The number of likely N-dealkylation sites (tertiary alicyclic amines) is 1. The zero-order chi connectivity index (χ0) is 16.3. The van der Waals surface area contributed by atoms with E-state index in [4.69, 9.17) is 26.8 Å². The number of benzene rings is 1. The van der Waals surface area contributed by atoms with Gasteiger partial charge >= 0.3 is 6.09 Å². The van der Waals surface area contributed by atoms with Crippen molar-refractivity contribution < 1.29 is 14.3 Å². The molecule has 1 fully saturated rings. The lowest BCUT2D eigenvalue weighted by Crippen LogP contribution is -2.44. The number of nitrogens with two attached hydrogens (primary N) is 1.